The average molecular weight is 272 g/mol. The summed E-state index contributed by atoms with van der Waals surface area (Å²) in [4.78, 5) is 6.76. The van der Waals surface area contributed by atoms with Gasteiger partial charge in [0.1, 0.15) is 5.82 Å². The molecule has 1 aromatic heterocycles. The smallest absolute Gasteiger partial charge is 0.260 e. The largest absolute Gasteiger partial charge is 0.332 e. The van der Waals surface area contributed by atoms with Gasteiger partial charge < -0.3 is 10.3 Å². The Morgan fingerprint density at radius 1 is 1.61 bits per heavy atom. The number of sulfonamides is 1. The van der Waals surface area contributed by atoms with Gasteiger partial charge in [-0.25, -0.2) is 13.4 Å². The van der Waals surface area contributed by atoms with Crippen molar-refractivity contribution in [2.45, 2.75) is 37.8 Å². The molecular weight excluding hydrogens is 252 g/mol. The molecule has 0 bridgehead atoms. The van der Waals surface area contributed by atoms with Crippen molar-refractivity contribution in [3.05, 3.63) is 12.0 Å². The molecular formula is C11H20N4O2S. The van der Waals surface area contributed by atoms with Crippen LogP contribution in [0.4, 0.5) is 0 Å². The van der Waals surface area contributed by atoms with E-state index < -0.39 is 10.0 Å². The van der Waals surface area contributed by atoms with Crippen LogP contribution in [-0.4, -0.2) is 48.4 Å². The maximum atomic E-state index is 12.4. The highest BCUT2D eigenvalue weighted by Gasteiger charge is 2.30. The fourth-order valence-electron chi connectivity index (χ4n) is 2.28. The molecule has 102 valence electrons. The fourth-order valence-corrected chi connectivity index (χ4v) is 3.77. The van der Waals surface area contributed by atoms with Crippen LogP contribution in [0.15, 0.2) is 11.2 Å². The van der Waals surface area contributed by atoms with Crippen molar-refractivity contribution in [3.63, 3.8) is 0 Å². The minimum Gasteiger partial charge on any atom is -0.332 e. The molecule has 1 atom stereocenters. The number of aryl methyl sites for hydroxylation is 1. The van der Waals surface area contributed by atoms with Gasteiger partial charge in [0.05, 0.1) is 6.20 Å². The van der Waals surface area contributed by atoms with Gasteiger partial charge in [-0.1, -0.05) is 6.92 Å². The first-order valence-corrected chi connectivity index (χ1v) is 7.73. The number of nitrogens with zero attached hydrogens (tertiary/aromatic N) is 2. The van der Waals surface area contributed by atoms with Crippen LogP contribution in [0.2, 0.25) is 0 Å². The highest BCUT2D eigenvalue weighted by molar-refractivity contribution is 7.89. The Balaban J connectivity index is 2.15. The third-order valence-electron chi connectivity index (χ3n) is 3.17. The van der Waals surface area contributed by atoms with Crippen molar-refractivity contribution in [3.8, 4) is 0 Å². The monoisotopic (exact) mass is 272 g/mol. The molecule has 0 spiro atoms. The number of hydrogen-bond acceptors (Lipinski definition) is 4. The van der Waals surface area contributed by atoms with Crippen molar-refractivity contribution in [1.82, 2.24) is 19.6 Å². The molecule has 1 saturated heterocycles. The lowest BCUT2D eigenvalue weighted by atomic mass is 10.1. The average Bonchev–Trinajstić information content (AvgIpc) is 2.77. The molecule has 0 aliphatic carbocycles. The van der Waals surface area contributed by atoms with Gasteiger partial charge >= 0.3 is 0 Å². The summed E-state index contributed by atoms with van der Waals surface area (Å²) in [7, 11) is -3.42. The van der Waals surface area contributed by atoms with Crippen LogP contribution in [0.3, 0.4) is 0 Å². The highest BCUT2D eigenvalue weighted by Crippen LogP contribution is 2.19. The quantitative estimate of drug-likeness (QED) is 0.835. The lowest BCUT2D eigenvalue weighted by Crippen LogP contribution is -2.47. The van der Waals surface area contributed by atoms with Gasteiger partial charge in [0, 0.05) is 19.1 Å². The second-order valence-corrected chi connectivity index (χ2v) is 6.50. The second kappa shape index (κ2) is 5.38. The van der Waals surface area contributed by atoms with Crippen LogP contribution >= 0.6 is 0 Å². The molecule has 7 heteroatoms. The Kier molecular flexibility index (Phi) is 4.04. The van der Waals surface area contributed by atoms with E-state index in [-0.39, 0.29) is 11.1 Å². The molecule has 0 saturated carbocycles. The summed E-state index contributed by atoms with van der Waals surface area (Å²) < 4.78 is 26.3. The maximum absolute atomic E-state index is 12.4. The van der Waals surface area contributed by atoms with Crippen molar-refractivity contribution in [1.29, 1.82) is 0 Å². The van der Waals surface area contributed by atoms with E-state index in [1.807, 2.05) is 6.92 Å². The summed E-state index contributed by atoms with van der Waals surface area (Å²) in [6.07, 6.45) is 3.31. The summed E-state index contributed by atoms with van der Waals surface area (Å²) in [5.41, 5.74) is 0. The van der Waals surface area contributed by atoms with Crippen molar-refractivity contribution >= 4 is 10.0 Å². The van der Waals surface area contributed by atoms with Gasteiger partial charge in [-0.05, 0) is 26.3 Å². The topological polar surface area (TPSA) is 78.1 Å². The minimum absolute atomic E-state index is 0.192. The van der Waals surface area contributed by atoms with Crippen LogP contribution in [0.5, 0.6) is 0 Å². The first kappa shape index (κ1) is 13.5. The van der Waals surface area contributed by atoms with Crippen LogP contribution in [0, 0.1) is 6.92 Å². The predicted octanol–water partition coefficient (Wildman–Crippen LogP) is 0.481. The molecule has 0 aromatic carbocycles. The lowest BCUT2D eigenvalue weighted by Gasteiger charge is -2.31. The van der Waals surface area contributed by atoms with Crippen LogP contribution in [-0.2, 0) is 10.0 Å². The Hall–Kier alpha value is -0.920. The van der Waals surface area contributed by atoms with E-state index in [0.717, 1.165) is 19.4 Å². The van der Waals surface area contributed by atoms with E-state index in [1.54, 1.807) is 6.92 Å². The third kappa shape index (κ3) is 2.73. The molecule has 6 nitrogen and oxygen atoms in total. The molecule has 0 radical (unpaired) electrons. The number of H-pyrrole nitrogens is 1. The maximum Gasteiger partial charge on any atom is 0.260 e. The molecule has 1 aliphatic rings. The molecule has 1 fully saturated rings. The highest BCUT2D eigenvalue weighted by atomic mass is 32.2. The van der Waals surface area contributed by atoms with Crippen LogP contribution in [0.25, 0.3) is 0 Å². The second-order valence-electron chi connectivity index (χ2n) is 4.59. The zero-order chi connectivity index (χ0) is 13.2. The van der Waals surface area contributed by atoms with Gasteiger partial charge in [0.2, 0.25) is 0 Å². The Bertz CT molecular complexity index is 495. The van der Waals surface area contributed by atoms with Crippen LogP contribution in [0.1, 0.15) is 25.6 Å². The molecule has 0 amide bonds. The van der Waals surface area contributed by atoms with Gasteiger partial charge in [-0.15, -0.1) is 0 Å². The summed E-state index contributed by atoms with van der Waals surface area (Å²) in [5, 5.41) is 3.50. The summed E-state index contributed by atoms with van der Waals surface area (Å²) >= 11 is 0. The number of imidazole rings is 1. The number of piperidine rings is 1. The van der Waals surface area contributed by atoms with Crippen molar-refractivity contribution in [2.24, 2.45) is 0 Å². The fraction of sp³-hybridized carbons (Fsp3) is 0.727. The number of hydrogen-bond donors (Lipinski definition) is 2. The first-order chi connectivity index (χ1) is 8.54. The predicted molar refractivity (Wildman–Crippen MR) is 68.8 cm³/mol. The normalized spacial score (nSPS) is 22.2. The Morgan fingerprint density at radius 3 is 3.00 bits per heavy atom. The summed E-state index contributed by atoms with van der Waals surface area (Å²) in [5.74, 6) is 0.619. The van der Waals surface area contributed by atoms with Gasteiger partial charge in [0.25, 0.3) is 10.0 Å². The summed E-state index contributed by atoms with van der Waals surface area (Å²) in [6, 6.07) is 0.252. The van der Waals surface area contributed by atoms with Gasteiger partial charge in [-0.3, -0.25) is 0 Å². The Labute approximate surface area is 108 Å². The number of nitrogens with one attached hydrogen (secondary N) is 2. The number of rotatable bonds is 4. The number of aromatic amines is 1. The van der Waals surface area contributed by atoms with Gasteiger partial charge in [-0.2, -0.15) is 4.31 Å². The van der Waals surface area contributed by atoms with E-state index >= 15 is 0 Å². The lowest BCUT2D eigenvalue weighted by molar-refractivity contribution is 0.285. The van der Waals surface area contributed by atoms with E-state index in [0.29, 0.717) is 18.9 Å². The molecule has 18 heavy (non-hydrogen) atoms. The molecule has 1 unspecified atom stereocenters. The number of aromatic nitrogens is 2. The standard InChI is InChI=1S/C11H20N4O2S/c1-3-12-10-5-4-6-15(8-10)18(16,17)11-7-13-9(2)14-11/h7,10,12H,3-6,8H2,1-2H3,(H,13,14). The molecule has 1 aliphatic heterocycles. The first-order valence-electron chi connectivity index (χ1n) is 6.29. The van der Waals surface area contributed by atoms with Crippen molar-refractivity contribution in [2.75, 3.05) is 19.6 Å². The Morgan fingerprint density at radius 2 is 2.39 bits per heavy atom. The zero-order valence-corrected chi connectivity index (χ0v) is 11.6. The molecule has 1 aromatic rings. The van der Waals surface area contributed by atoms with Crippen molar-refractivity contribution < 1.29 is 8.42 Å². The SMILES string of the molecule is CCNC1CCCN(S(=O)(=O)c2cnc(C)[nH]2)C1. The zero-order valence-electron chi connectivity index (χ0n) is 10.8. The minimum atomic E-state index is -3.42. The molecule has 2 rings (SSSR count). The molecule has 2 heterocycles. The van der Waals surface area contributed by atoms with Crippen LogP contribution < -0.4 is 5.32 Å². The van der Waals surface area contributed by atoms with E-state index in [1.165, 1.54) is 10.5 Å². The number of likely N-dealkylation sites (N-methyl/N-ethyl adjacent to an activating group) is 1. The molecule has 2 N–H and O–H groups in total. The third-order valence-corrected chi connectivity index (χ3v) is 4.95. The van der Waals surface area contributed by atoms with E-state index in [2.05, 4.69) is 15.3 Å². The van der Waals surface area contributed by atoms with Gasteiger partial charge in [0.15, 0.2) is 5.03 Å². The van der Waals surface area contributed by atoms with E-state index in [9.17, 15) is 8.42 Å². The van der Waals surface area contributed by atoms with E-state index in [4.69, 9.17) is 0 Å². The summed E-state index contributed by atoms with van der Waals surface area (Å²) in [6.45, 7) is 5.76.